The van der Waals surface area contributed by atoms with Gasteiger partial charge in [-0.05, 0) is 31.4 Å². The molecule has 0 radical (unpaired) electrons. The smallest absolute Gasteiger partial charge is 0.162 e. The molecule has 0 aliphatic rings. The van der Waals surface area contributed by atoms with Gasteiger partial charge in [0.1, 0.15) is 0 Å². The quantitative estimate of drug-likeness (QED) is 0.607. The van der Waals surface area contributed by atoms with E-state index in [0.29, 0.717) is 6.42 Å². The highest BCUT2D eigenvalue weighted by Crippen LogP contribution is 2.23. The molecule has 3 N–H and O–H groups in total. The monoisotopic (exact) mass is 258 g/mol. The Hall–Kier alpha value is -1.04. The van der Waals surface area contributed by atoms with Crippen LogP contribution >= 0.6 is 0 Å². The van der Waals surface area contributed by atoms with Crippen LogP contribution in [0.5, 0.6) is 0 Å². The largest absolute Gasteiger partial charge is 0.377 e. The van der Waals surface area contributed by atoms with E-state index in [1.807, 2.05) is 13.8 Å². The Morgan fingerprint density at radius 1 is 1.44 bits per heavy atom. The number of nitrogens with two attached hydrogens (primary N) is 1. The number of rotatable bonds is 6. The van der Waals surface area contributed by atoms with Crippen LogP contribution in [-0.2, 0) is 11.2 Å². The minimum Gasteiger partial charge on any atom is -0.377 e. The van der Waals surface area contributed by atoms with Crippen LogP contribution in [-0.4, -0.2) is 18.8 Å². The van der Waals surface area contributed by atoms with Crippen molar-refractivity contribution >= 4 is 0 Å². The van der Waals surface area contributed by atoms with Gasteiger partial charge < -0.3 is 4.74 Å². The second kappa shape index (κ2) is 6.22. The number of hydrogen-bond donors (Lipinski definition) is 2. The number of hydrogen-bond acceptors (Lipinski definition) is 3. The average molecular weight is 258 g/mol. The SMILES string of the molecule is CCC(C)(OC)C(Cc1cccc(F)c1F)NN. The fourth-order valence-electron chi connectivity index (χ4n) is 1.91. The van der Waals surface area contributed by atoms with Gasteiger partial charge in [-0.2, -0.15) is 0 Å². The molecule has 1 aromatic rings. The number of nitrogens with one attached hydrogen (secondary N) is 1. The molecule has 0 aliphatic carbocycles. The van der Waals surface area contributed by atoms with E-state index in [1.165, 1.54) is 6.07 Å². The maximum Gasteiger partial charge on any atom is 0.162 e. The molecule has 0 saturated heterocycles. The molecule has 0 amide bonds. The molecule has 0 aliphatic heterocycles. The van der Waals surface area contributed by atoms with Crippen molar-refractivity contribution in [3.8, 4) is 0 Å². The van der Waals surface area contributed by atoms with Crippen LogP contribution in [0.15, 0.2) is 18.2 Å². The van der Waals surface area contributed by atoms with Crippen molar-refractivity contribution in [2.45, 2.75) is 38.3 Å². The fourth-order valence-corrected chi connectivity index (χ4v) is 1.91. The Kier molecular flexibility index (Phi) is 5.19. The van der Waals surface area contributed by atoms with Gasteiger partial charge in [0.15, 0.2) is 11.6 Å². The third-order valence-corrected chi connectivity index (χ3v) is 3.56. The zero-order valence-electron chi connectivity index (χ0n) is 11.0. The summed E-state index contributed by atoms with van der Waals surface area (Å²) in [6.07, 6.45) is 0.966. The van der Waals surface area contributed by atoms with Gasteiger partial charge in [-0.25, -0.2) is 8.78 Å². The summed E-state index contributed by atoms with van der Waals surface area (Å²) in [5, 5.41) is 0. The molecule has 102 valence electrons. The van der Waals surface area contributed by atoms with Gasteiger partial charge in [0.25, 0.3) is 0 Å². The van der Waals surface area contributed by atoms with Crippen molar-refractivity contribution in [1.29, 1.82) is 0 Å². The number of halogens is 2. The van der Waals surface area contributed by atoms with Gasteiger partial charge in [-0.15, -0.1) is 0 Å². The summed E-state index contributed by atoms with van der Waals surface area (Å²) in [6, 6.07) is 3.83. The lowest BCUT2D eigenvalue weighted by Crippen LogP contribution is -2.53. The first-order chi connectivity index (χ1) is 8.48. The standard InChI is InChI=1S/C13H20F2N2O/c1-4-13(2,18-3)11(17-16)8-9-6-5-7-10(14)12(9)15/h5-7,11,17H,4,8,16H2,1-3H3. The Balaban J connectivity index is 2.96. The van der Waals surface area contributed by atoms with Crippen LogP contribution < -0.4 is 11.3 Å². The molecular formula is C13H20F2N2O. The van der Waals surface area contributed by atoms with Gasteiger partial charge in [0.2, 0.25) is 0 Å². The number of hydrazine groups is 1. The normalized spacial score (nSPS) is 16.3. The first kappa shape index (κ1) is 15.0. The van der Waals surface area contributed by atoms with Crippen molar-refractivity contribution < 1.29 is 13.5 Å². The summed E-state index contributed by atoms with van der Waals surface area (Å²) >= 11 is 0. The topological polar surface area (TPSA) is 47.3 Å². The Morgan fingerprint density at radius 3 is 2.61 bits per heavy atom. The molecule has 3 nitrogen and oxygen atoms in total. The molecule has 2 unspecified atom stereocenters. The summed E-state index contributed by atoms with van der Waals surface area (Å²) in [7, 11) is 1.58. The molecule has 18 heavy (non-hydrogen) atoms. The summed E-state index contributed by atoms with van der Waals surface area (Å²) < 4.78 is 32.2. The Morgan fingerprint density at radius 2 is 2.11 bits per heavy atom. The van der Waals surface area contributed by atoms with E-state index in [2.05, 4.69) is 5.43 Å². The minimum absolute atomic E-state index is 0.262. The highest BCUT2D eigenvalue weighted by atomic mass is 19.2. The molecule has 1 aromatic carbocycles. The molecule has 0 spiro atoms. The lowest BCUT2D eigenvalue weighted by atomic mass is 9.88. The summed E-state index contributed by atoms with van der Waals surface area (Å²) in [5.41, 5.74) is 2.38. The van der Waals surface area contributed by atoms with Crippen molar-refractivity contribution in [1.82, 2.24) is 5.43 Å². The molecular weight excluding hydrogens is 238 g/mol. The van der Waals surface area contributed by atoms with Crippen LogP contribution in [0.2, 0.25) is 0 Å². The van der Waals surface area contributed by atoms with E-state index in [4.69, 9.17) is 10.6 Å². The van der Waals surface area contributed by atoms with Gasteiger partial charge in [0.05, 0.1) is 11.6 Å². The zero-order chi connectivity index (χ0) is 13.8. The molecule has 2 atom stereocenters. The molecule has 0 aromatic heterocycles. The van der Waals surface area contributed by atoms with Gasteiger partial charge >= 0.3 is 0 Å². The van der Waals surface area contributed by atoms with Crippen molar-refractivity contribution in [3.63, 3.8) is 0 Å². The van der Waals surface area contributed by atoms with E-state index in [9.17, 15) is 8.78 Å². The fraction of sp³-hybridized carbons (Fsp3) is 0.538. The Bertz CT molecular complexity index is 395. The lowest BCUT2D eigenvalue weighted by Gasteiger charge is -2.35. The molecule has 5 heteroatoms. The van der Waals surface area contributed by atoms with Gasteiger partial charge in [-0.3, -0.25) is 11.3 Å². The van der Waals surface area contributed by atoms with Crippen molar-refractivity contribution in [3.05, 3.63) is 35.4 Å². The minimum atomic E-state index is -0.848. The maximum absolute atomic E-state index is 13.6. The summed E-state index contributed by atoms with van der Waals surface area (Å²) in [5.74, 6) is 3.82. The number of methoxy groups -OCH3 is 1. The van der Waals surface area contributed by atoms with Crippen LogP contribution in [0.4, 0.5) is 8.78 Å². The second-order valence-electron chi connectivity index (χ2n) is 4.51. The predicted octanol–water partition coefficient (Wildman–Crippen LogP) is 2.15. The van der Waals surface area contributed by atoms with Gasteiger partial charge in [-0.1, -0.05) is 19.1 Å². The first-order valence-corrected chi connectivity index (χ1v) is 5.92. The van der Waals surface area contributed by atoms with Crippen LogP contribution in [0.1, 0.15) is 25.8 Å². The maximum atomic E-state index is 13.6. The first-order valence-electron chi connectivity index (χ1n) is 5.92. The lowest BCUT2D eigenvalue weighted by molar-refractivity contribution is -0.0290. The van der Waals surface area contributed by atoms with E-state index in [0.717, 1.165) is 6.07 Å². The molecule has 0 saturated carbocycles. The molecule has 0 fully saturated rings. The third-order valence-electron chi connectivity index (χ3n) is 3.56. The molecule has 1 rings (SSSR count). The van der Waals surface area contributed by atoms with Crippen LogP contribution in [0, 0.1) is 11.6 Å². The summed E-state index contributed by atoms with van der Waals surface area (Å²) in [4.78, 5) is 0. The van der Waals surface area contributed by atoms with Crippen LogP contribution in [0.3, 0.4) is 0 Å². The van der Waals surface area contributed by atoms with Crippen molar-refractivity contribution in [2.75, 3.05) is 7.11 Å². The average Bonchev–Trinajstić information content (AvgIpc) is 2.39. The van der Waals surface area contributed by atoms with E-state index in [-0.39, 0.29) is 18.0 Å². The predicted molar refractivity (Wildman–Crippen MR) is 66.9 cm³/mol. The summed E-state index contributed by atoms with van der Waals surface area (Å²) in [6.45, 7) is 3.84. The van der Waals surface area contributed by atoms with Crippen LogP contribution in [0.25, 0.3) is 0 Å². The Labute approximate surface area is 106 Å². The zero-order valence-corrected chi connectivity index (χ0v) is 11.0. The second-order valence-corrected chi connectivity index (χ2v) is 4.51. The van der Waals surface area contributed by atoms with E-state index < -0.39 is 17.2 Å². The highest BCUT2D eigenvalue weighted by Gasteiger charge is 2.32. The van der Waals surface area contributed by atoms with E-state index >= 15 is 0 Å². The van der Waals surface area contributed by atoms with E-state index in [1.54, 1.807) is 13.2 Å². The highest BCUT2D eigenvalue weighted by molar-refractivity contribution is 5.20. The molecule has 0 heterocycles. The van der Waals surface area contributed by atoms with Gasteiger partial charge in [0, 0.05) is 7.11 Å². The number of benzene rings is 1. The molecule has 0 bridgehead atoms. The third kappa shape index (κ3) is 3.04. The number of ether oxygens (including phenoxy) is 1. The van der Waals surface area contributed by atoms with Crippen molar-refractivity contribution in [2.24, 2.45) is 5.84 Å².